The molecule has 4 heteroatoms. The van der Waals surface area contributed by atoms with Gasteiger partial charge in [0, 0.05) is 0 Å². The van der Waals surface area contributed by atoms with Crippen molar-refractivity contribution in [2.75, 3.05) is 0 Å². The normalized spacial score (nSPS) is 21.5. The van der Waals surface area contributed by atoms with Crippen molar-refractivity contribution in [3.63, 3.8) is 0 Å². The molecule has 2 aliphatic heterocycles. The molecule has 0 bridgehead atoms. The van der Waals surface area contributed by atoms with Crippen LogP contribution in [0.3, 0.4) is 0 Å². The van der Waals surface area contributed by atoms with Gasteiger partial charge in [-0.05, 0) is 59.2 Å². The molecule has 0 spiro atoms. The van der Waals surface area contributed by atoms with E-state index < -0.39 is 0 Å². The summed E-state index contributed by atoms with van der Waals surface area (Å²) < 4.78 is 3.10. The van der Waals surface area contributed by atoms with Gasteiger partial charge in [0.05, 0.1) is 8.47 Å². The van der Waals surface area contributed by atoms with E-state index in [-0.39, 0.29) is 0 Å². The molecule has 0 aliphatic carbocycles. The minimum Gasteiger partial charge on any atom is -0.0849 e. The Kier molecular flexibility index (Phi) is 9.90. The van der Waals surface area contributed by atoms with Gasteiger partial charge < -0.3 is 0 Å². The van der Waals surface area contributed by atoms with Gasteiger partial charge in [0.2, 0.25) is 0 Å². The molecule has 136 valence electrons. The first-order valence-electron chi connectivity index (χ1n) is 9.50. The molecule has 0 unspecified atom stereocenters. The molecule has 2 rings (SSSR count). The third-order valence-electron chi connectivity index (χ3n) is 4.39. The van der Waals surface area contributed by atoms with E-state index in [9.17, 15) is 0 Å². The van der Waals surface area contributed by atoms with E-state index in [1.54, 1.807) is 28.1 Å². The van der Waals surface area contributed by atoms with Crippen LogP contribution < -0.4 is 0 Å². The summed E-state index contributed by atoms with van der Waals surface area (Å²) in [5.74, 6) is 0. The fourth-order valence-corrected chi connectivity index (χ4v) is 8.58. The molecule has 0 aromatic heterocycles. The Morgan fingerprint density at radius 2 is 0.958 bits per heavy atom. The van der Waals surface area contributed by atoms with Gasteiger partial charge in [-0.15, -0.1) is 0 Å². The minimum atomic E-state index is 1.28. The number of hydrogen-bond acceptors (Lipinski definition) is 4. The zero-order chi connectivity index (χ0) is 17.4. The van der Waals surface area contributed by atoms with Crippen LogP contribution in [0.1, 0.15) is 91.9 Å². The number of allylic oxidation sites excluding steroid dienone is 4. The maximum Gasteiger partial charge on any atom is 0.0699 e. The van der Waals surface area contributed by atoms with Gasteiger partial charge in [-0.2, -0.15) is 0 Å². The molecular formula is C20H32S4. The van der Waals surface area contributed by atoms with E-state index >= 15 is 0 Å². The van der Waals surface area contributed by atoms with Crippen molar-refractivity contribution < 1.29 is 0 Å². The van der Waals surface area contributed by atoms with E-state index in [1.165, 1.54) is 64.2 Å². The van der Waals surface area contributed by atoms with Gasteiger partial charge in [-0.1, -0.05) is 99.4 Å². The monoisotopic (exact) mass is 400 g/mol. The van der Waals surface area contributed by atoms with Gasteiger partial charge in [0.25, 0.3) is 0 Å². The Bertz CT molecular complexity index is 468. The van der Waals surface area contributed by atoms with Gasteiger partial charge in [0.1, 0.15) is 0 Å². The second kappa shape index (κ2) is 11.4. The minimum absolute atomic E-state index is 1.28. The predicted molar refractivity (Wildman–Crippen MR) is 120 cm³/mol. The van der Waals surface area contributed by atoms with Crippen molar-refractivity contribution in [2.24, 2.45) is 0 Å². The highest BCUT2D eigenvalue weighted by molar-refractivity contribution is 8.34. The lowest BCUT2D eigenvalue weighted by Crippen LogP contribution is -1.80. The lowest BCUT2D eigenvalue weighted by atomic mass is 10.1. The second-order valence-electron chi connectivity index (χ2n) is 6.56. The zero-order valence-corrected chi connectivity index (χ0v) is 19.0. The van der Waals surface area contributed by atoms with Gasteiger partial charge in [0.15, 0.2) is 0 Å². The lowest BCUT2D eigenvalue weighted by molar-refractivity contribution is 0.672. The van der Waals surface area contributed by atoms with Crippen LogP contribution in [-0.2, 0) is 0 Å². The van der Waals surface area contributed by atoms with Crippen LogP contribution >= 0.6 is 47.0 Å². The Balaban J connectivity index is 1.82. The Morgan fingerprint density at radius 3 is 1.33 bits per heavy atom. The highest BCUT2D eigenvalue weighted by Crippen LogP contribution is 2.60. The zero-order valence-electron chi connectivity index (χ0n) is 15.7. The van der Waals surface area contributed by atoms with Crippen LogP contribution in [0.4, 0.5) is 0 Å². The van der Waals surface area contributed by atoms with E-state index in [1.807, 2.05) is 23.5 Å². The first-order chi connectivity index (χ1) is 11.7. The summed E-state index contributed by atoms with van der Waals surface area (Å²) in [5.41, 5.74) is 0. The van der Waals surface area contributed by atoms with Crippen LogP contribution in [0.2, 0.25) is 0 Å². The van der Waals surface area contributed by atoms with Gasteiger partial charge in [-0.3, -0.25) is 0 Å². The molecule has 0 aromatic rings. The number of hydrogen-bond donors (Lipinski definition) is 0. The number of rotatable bonds is 10. The van der Waals surface area contributed by atoms with Crippen molar-refractivity contribution in [3.05, 3.63) is 28.1 Å². The summed E-state index contributed by atoms with van der Waals surface area (Å²) in [6.07, 6.45) is 13.5. The van der Waals surface area contributed by atoms with E-state index in [2.05, 4.69) is 51.2 Å². The summed E-state index contributed by atoms with van der Waals surface area (Å²) in [7, 11) is 0. The third kappa shape index (κ3) is 6.41. The molecule has 2 aliphatic rings. The molecule has 0 saturated heterocycles. The summed E-state index contributed by atoms with van der Waals surface area (Å²) >= 11 is 8.18. The summed E-state index contributed by atoms with van der Waals surface area (Å²) in [4.78, 5) is 6.37. The predicted octanol–water partition coefficient (Wildman–Crippen LogP) is 9.48. The van der Waals surface area contributed by atoms with Crippen molar-refractivity contribution in [1.82, 2.24) is 0 Å². The molecule has 0 fully saturated rings. The highest BCUT2D eigenvalue weighted by atomic mass is 32.2. The first kappa shape index (κ1) is 20.9. The molecule has 0 amide bonds. The maximum absolute atomic E-state index is 2.32. The molecule has 0 aromatic carbocycles. The summed E-state index contributed by atoms with van der Waals surface area (Å²) in [6.45, 7) is 9.21. The largest absolute Gasteiger partial charge is 0.0849 e. The van der Waals surface area contributed by atoms with Crippen molar-refractivity contribution >= 4 is 47.0 Å². The fourth-order valence-electron chi connectivity index (χ4n) is 2.85. The average molecular weight is 401 g/mol. The Hall–Kier alpha value is 0.620. The Morgan fingerprint density at radius 1 is 0.542 bits per heavy atom. The molecule has 0 saturated carbocycles. The average Bonchev–Trinajstić information content (AvgIpc) is 3.12. The van der Waals surface area contributed by atoms with E-state index in [4.69, 9.17) is 0 Å². The third-order valence-corrected chi connectivity index (χ3v) is 10.3. The second-order valence-corrected chi connectivity index (χ2v) is 11.7. The number of thioether (sulfide) groups is 4. The van der Waals surface area contributed by atoms with Crippen molar-refractivity contribution in [2.45, 2.75) is 91.9 Å². The van der Waals surface area contributed by atoms with Crippen molar-refractivity contribution in [3.8, 4) is 0 Å². The van der Waals surface area contributed by atoms with Crippen molar-refractivity contribution in [1.29, 1.82) is 0 Å². The van der Waals surface area contributed by atoms with E-state index in [0.29, 0.717) is 0 Å². The summed E-state index contributed by atoms with van der Waals surface area (Å²) in [6, 6.07) is 0. The van der Waals surface area contributed by atoms with Crippen LogP contribution in [0.15, 0.2) is 28.1 Å². The van der Waals surface area contributed by atoms with Crippen LogP contribution in [-0.4, -0.2) is 0 Å². The molecule has 0 N–H and O–H groups in total. The first-order valence-corrected chi connectivity index (χ1v) is 12.8. The van der Waals surface area contributed by atoms with Crippen LogP contribution in [0.25, 0.3) is 0 Å². The molecule has 0 atom stereocenters. The fraction of sp³-hybridized carbons (Fsp3) is 0.700. The van der Waals surface area contributed by atoms with Gasteiger partial charge >= 0.3 is 0 Å². The molecule has 0 radical (unpaired) electrons. The Labute approximate surface area is 166 Å². The molecule has 24 heavy (non-hydrogen) atoms. The smallest absolute Gasteiger partial charge is 0.0699 e. The van der Waals surface area contributed by atoms with E-state index in [0.717, 1.165) is 0 Å². The molecule has 0 nitrogen and oxygen atoms in total. The van der Waals surface area contributed by atoms with Crippen LogP contribution in [0.5, 0.6) is 0 Å². The van der Waals surface area contributed by atoms with Gasteiger partial charge in [-0.25, -0.2) is 0 Å². The highest BCUT2D eigenvalue weighted by Gasteiger charge is 2.26. The van der Waals surface area contributed by atoms with Crippen LogP contribution in [0, 0.1) is 0 Å². The standard InChI is InChI=1S/C20H32S4/c1-5-7-9-11-13-17-15(3)21-19(23-17)20-22-16(4)18(24-20)14-12-10-8-6-2/h5-14H2,1-4H3/b20-19+. The molecule has 2 heterocycles. The maximum atomic E-state index is 2.32. The topological polar surface area (TPSA) is 0 Å². The SMILES string of the molecule is CCCCCCC1=C(C)S/C(=C2/SC(C)=C(CCCCCC)S2)S1. The number of unbranched alkanes of at least 4 members (excludes halogenated alkanes) is 6. The lowest BCUT2D eigenvalue weighted by Gasteiger charge is -2.04. The quantitative estimate of drug-likeness (QED) is 0.335. The molecular weight excluding hydrogens is 368 g/mol. The summed E-state index contributed by atoms with van der Waals surface area (Å²) in [5, 5.41) is 0.